The van der Waals surface area contributed by atoms with Crippen LogP contribution < -0.4 is 10.1 Å². The van der Waals surface area contributed by atoms with Crippen molar-refractivity contribution in [2.45, 2.75) is 27.8 Å². The molecule has 1 amide bonds. The molecule has 0 fully saturated rings. The minimum Gasteiger partial charge on any atom is -0.497 e. The number of pyridine rings is 1. The van der Waals surface area contributed by atoms with Gasteiger partial charge in [0.1, 0.15) is 16.0 Å². The van der Waals surface area contributed by atoms with Gasteiger partial charge in [0.15, 0.2) is 0 Å². The first-order chi connectivity index (χ1) is 15.0. The summed E-state index contributed by atoms with van der Waals surface area (Å²) in [5, 5.41) is 3.65. The standard InChI is InChI=1S/C24H26N2O2S3/c1-16-14-20(29-3)21(24(25-16)30-4)26-23(27)22(18-10-12-19(28-2)13-11-18)31-15-17-8-6-5-7-9-17/h5-14,22H,15H2,1-4H3,(H,26,27). The Bertz CT molecular complexity index is 986. The van der Waals surface area contributed by atoms with Crippen LogP contribution in [0.5, 0.6) is 5.75 Å². The van der Waals surface area contributed by atoms with Crippen LogP contribution in [-0.4, -0.2) is 30.5 Å². The Balaban J connectivity index is 1.90. The molecular weight excluding hydrogens is 444 g/mol. The molecule has 1 aromatic heterocycles. The van der Waals surface area contributed by atoms with Gasteiger partial charge in [-0.05, 0) is 48.8 Å². The van der Waals surface area contributed by atoms with Gasteiger partial charge >= 0.3 is 0 Å². The zero-order valence-electron chi connectivity index (χ0n) is 18.0. The largest absolute Gasteiger partial charge is 0.497 e. The van der Waals surface area contributed by atoms with Crippen LogP contribution in [0.15, 0.2) is 70.6 Å². The average molecular weight is 471 g/mol. The number of amides is 1. The van der Waals surface area contributed by atoms with Crippen molar-refractivity contribution in [1.29, 1.82) is 0 Å². The molecule has 7 heteroatoms. The number of hydrogen-bond donors (Lipinski definition) is 1. The number of nitrogens with one attached hydrogen (secondary N) is 1. The molecule has 4 nitrogen and oxygen atoms in total. The van der Waals surface area contributed by atoms with Crippen LogP contribution >= 0.6 is 35.3 Å². The SMILES string of the molecule is COc1ccc(C(SCc2ccccc2)C(=O)Nc2c(SC)cc(C)nc2SC)cc1. The van der Waals surface area contributed by atoms with Crippen LogP contribution in [0, 0.1) is 6.92 Å². The molecule has 31 heavy (non-hydrogen) atoms. The summed E-state index contributed by atoms with van der Waals surface area (Å²) < 4.78 is 5.28. The van der Waals surface area contributed by atoms with Crippen LogP contribution in [0.1, 0.15) is 22.1 Å². The first-order valence-electron chi connectivity index (χ1n) is 9.75. The minimum absolute atomic E-state index is 0.0534. The zero-order valence-corrected chi connectivity index (χ0v) is 20.5. The van der Waals surface area contributed by atoms with Crippen LogP contribution in [0.3, 0.4) is 0 Å². The lowest BCUT2D eigenvalue weighted by Gasteiger charge is -2.20. The van der Waals surface area contributed by atoms with Crippen LogP contribution in [-0.2, 0) is 10.5 Å². The monoisotopic (exact) mass is 470 g/mol. The van der Waals surface area contributed by atoms with Gasteiger partial charge in [0, 0.05) is 16.3 Å². The van der Waals surface area contributed by atoms with Crippen molar-refractivity contribution in [2.75, 3.05) is 24.9 Å². The maximum Gasteiger partial charge on any atom is 0.242 e. The number of benzene rings is 2. The van der Waals surface area contributed by atoms with Crippen LogP contribution in [0.4, 0.5) is 5.69 Å². The number of thioether (sulfide) groups is 3. The maximum atomic E-state index is 13.5. The normalized spacial score (nSPS) is 11.7. The van der Waals surface area contributed by atoms with Gasteiger partial charge in [-0.25, -0.2) is 4.98 Å². The molecule has 0 radical (unpaired) electrons. The Kier molecular flexibility index (Phi) is 8.75. The van der Waals surface area contributed by atoms with Crippen molar-refractivity contribution in [3.05, 3.63) is 77.5 Å². The summed E-state index contributed by atoms with van der Waals surface area (Å²) >= 11 is 4.77. The number of ether oxygens (including phenoxy) is 1. The van der Waals surface area contributed by atoms with Gasteiger partial charge in [0.2, 0.25) is 5.91 Å². The van der Waals surface area contributed by atoms with E-state index in [0.29, 0.717) is 0 Å². The number of aromatic nitrogens is 1. The van der Waals surface area contributed by atoms with Gasteiger partial charge in [-0.3, -0.25) is 4.79 Å². The molecule has 1 N–H and O–H groups in total. The second kappa shape index (κ2) is 11.5. The molecule has 162 valence electrons. The molecule has 1 atom stereocenters. The van der Waals surface area contributed by atoms with E-state index in [1.54, 1.807) is 42.4 Å². The third-order valence-corrected chi connectivity index (χ3v) is 7.42. The molecule has 0 aliphatic carbocycles. The van der Waals surface area contributed by atoms with E-state index in [1.807, 2.05) is 68.0 Å². The van der Waals surface area contributed by atoms with Crippen molar-refractivity contribution in [3.63, 3.8) is 0 Å². The predicted octanol–water partition coefficient (Wildman–Crippen LogP) is 6.46. The lowest BCUT2D eigenvalue weighted by molar-refractivity contribution is -0.115. The highest BCUT2D eigenvalue weighted by Gasteiger charge is 2.24. The van der Waals surface area contributed by atoms with E-state index in [9.17, 15) is 4.79 Å². The molecule has 0 aliphatic rings. The number of anilines is 1. The van der Waals surface area contributed by atoms with Crippen molar-refractivity contribution in [1.82, 2.24) is 4.98 Å². The highest BCUT2D eigenvalue weighted by molar-refractivity contribution is 8.00. The average Bonchev–Trinajstić information content (AvgIpc) is 2.81. The van der Waals surface area contributed by atoms with Crippen LogP contribution in [0.2, 0.25) is 0 Å². The lowest BCUT2D eigenvalue weighted by Crippen LogP contribution is -2.20. The highest BCUT2D eigenvalue weighted by atomic mass is 32.2. The first-order valence-corrected chi connectivity index (χ1v) is 13.3. The summed E-state index contributed by atoms with van der Waals surface area (Å²) in [6.45, 7) is 1.97. The van der Waals surface area contributed by atoms with Crippen molar-refractivity contribution in [3.8, 4) is 5.75 Å². The maximum absolute atomic E-state index is 13.5. The summed E-state index contributed by atoms with van der Waals surface area (Å²) in [6.07, 6.45) is 3.99. The molecule has 0 saturated carbocycles. The molecule has 3 rings (SSSR count). The third kappa shape index (κ3) is 6.21. The second-order valence-corrected chi connectivity index (χ2v) is 9.53. The predicted molar refractivity (Wildman–Crippen MR) is 135 cm³/mol. The Morgan fingerprint density at radius 2 is 1.77 bits per heavy atom. The van der Waals surface area contributed by atoms with Gasteiger partial charge in [0.25, 0.3) is 0 Å². The molecule has 1 heterocycles. The molecule has 0 bridgehead atoms. The van der Waals surface area contributed by atoms with Gasteiger partial charge in [-0.2, -0.15) is 0 Å². The van der Waals surface area contributed by atoms with E-state index >= 15 is 0 Å². The smallest absolute Gasteiger partial charge is 0.242 e. The third-order valence-electron chi connectivity index (χ3n) is 4.66. The Morgan fingerprint density at radius 3 is 2.39 bits per heavy atom. The second-order valence-electron chi connectivity index (χ2n) is 6.79. The van der Waals surface area contributed by atoms with Crippen molar-refractivity contribution in [2.24, 2.45) is 0 Å². The summed E-state index contributed by atoms with van der Waals surface area (Å²) in [6, 6.07) is 19.9. The molecular formula is C24H26N2O2S3. The van der Waals surface area contributed by atoms with Gasteiger partial charge in [-0.1, -0.05) is 42.5 Å². The van der Waals surface area contributed by atoms with E-state index in [4.69, 9.17) is 4.74 Å². The van der Waals surface area contributed by atoms with E-state index in [-0.39, 0.29) is 11.2 Å². The highest BCUT2D eigenvalue weighted by Crippen LogP contribution is 2.37. The van der Waals surface area contributed by atoms with Crippen LogP contribution in [0.25, 0.3) is 0 Å². The van der Waals surface area contributed by atoms with Gasteiger partial charge in [-0.15, -0.1) is 35.3 Å². The molecule has 3 aromatic rings. The number of nitrogens with zero attached hydrogens (tertiary/aromatic N) is 1. The van der Waals surface area contributed by atoms with Gasteiger partial charge < -0.3 is 10.1 Å². The Labute approximate surface area is 197 Å². The number of methoxy groups -OCH3 is 1. The fourth-order valence-corrected chi connectivity index (χ4v) is 5.50. The number of rotatable bonds is 9. The number of carbonyl (C=O) groups is 1. The first kappa shape index (κ1) is 23.6. The molecule has 2 aromatic carbocycles. The molecule has 0 saturated heterocycles. The summed E-state index contributed by atoms with van der Waals surface area (Å²) in [7, 11) is 1.64. The van der Waals surface area contributed by atoms with E-state index < -0.39 is 0 Å². The zero-order chi connectivity index (χ0) is 22.2. The Morgan fingerprint density at radius 1 is 1.06 bits per heavy atom. The quantitative estimate of drug-likeness (QED) is 0.362. The molecule has 0 spiro atoms. The summed E-state index contributed by atoms with van der Waals surface area (Å²) in [4.78, 5) is 19.1. The Hall–Kier alpha value is -2.09. The van der Waals surface area contributed by atoms with E-state index in [1.165, 1.54) is 5.56 Å². The fourth-order valence-electron chi connectivity index (χ4n) is 3.08. The van der Waals surface area contributed by atoms with E-state index in [0.717, 1.165) is 38.4 Å². The molecule has 0 aliphatic heterocycles. The number of hydrogen-bond acceptors (Lipinski definition) is 6. The number of carbonyl (C=O) groups excluding carboxylic acids is 1. The van der Waals surface area contributed by atoms with Crippen molar-refractivity contribution < 1.29 is 9.53 Å². The topological polar surface area (TPSA) is 51.2 Å². The summed E-state index contributed by atoms with van der Waals surface area (Å²) in [5.74, 6) is 1.46. The van der Waals surface area contributed by atoms with E-state index in [2.05, 4.69) is 22.4 Å². The molecule has 1 unspecified atom stereocenters. The minimum atomic E-state index is -0.364. The van der Waals surface area contributed by atoms with Crippen molar-refractivity contribution >= 4 is 46.9 Å². The lowest BCUT2D eigenvalue weighted by atomic mass is 10.1. The fraction of sp³-hybridized carbons (Fsp3) is 0.250. The summed E-state index contributed by atoms with van der Waals surface area (Å²) in [5.41, 5.74) is 3.85. The van der Waals surface area contributed by atoms with Gasteiger partial charge in [0.05, 0.1) is 12.8 Å². The number of aryl methyl sites for hydroxylation is 1.